The summed E-state index contributed by atoms with van der Waals surface area (Å²) in [5.74, 6) is 1.53. The summed E-state index contributed by atoms with van der Waals surface area (Å²) in [6, 6.07) is 8.59. The van der Waals surface area contributed by atoms with E-state index in [0.717, 1.165) is 18.8 Å². The molecule has 0 aliphatic carbocycles. The minimum atomic E-state index is 0.300. The van der Waals surface area contributed by atoms with Crippen molar-refractivity contribution in [3.05, 3.63) is 29.8 Å². The zero-order valence-electron chi connectivity index (χ0n) is 13.7. The quantitative estimate of drug-likeness (QED) is 0.681. The predicted octanol–water partition coefficient (Wildman–Crippen LogP) is 5.65. The molecule has 0 spiro atoms. The third-order valence-corrected chi connectivity index (χ3v) is 3.80. The van der Waals surface area contributed by atoms with Crippen LogP contribution in [0, 0.1) is 10.8 Å². The summed E-state index contributed by atoms with van der Waals surface area (Å²) in [6.45, 7) is 16.6. The molecule has 0 fully saturated rings. The van der Waals surface area contributed by atoms with Crippen molar-refractivity contribution in [2.45, 2.75) is 60.8 Å². The van der Waals surface area contributed by atoms with Crippen molar-refractivity contribution < 1.29 is 4.74 Å². The van der Waals surface area contributed by atoms with Crippen LogP contribution >= 0.6 is 0 Å². The third-order valence-electron chi connectivity index (χ3n) is 3.80. The molecule has 19 heavy (non-hydrogen) atoms. The highest BCUT2D eigenvalue weighted by Gasteiger charge is 2.21. The van der Waals surface area contributed by atoms with Crippen LogP contribution in [0.2, 0.25) is 0 Å². The lowest BCUT2D eigenvalue weighted by molar-refractivity contribution is 0.243. The SMILES string of the molecule is CC(c1ccc(OCCC(C)(C)C)cc1)C(C)(C)C. The van der Waals surface area contributed by atoms with Crippen LogP contribution in [0.5, 0.6) is 5.75 Å². The molecular formula is C18H30O. The minimum absolute atomic E-state index is 0.300. The average molecular weight is 262 g/mol. The van der Waals surface area contributed by atoms with E-state index in [-0.39, 0.29) is 0 Å². The molecule has 1 rings (SSSR count). The molecule has 108 valence electrons. The van der Waals surface area contributed by atoms with Crippen LogP contribution in [-0.2, 0) is 0 Å². The fourth-order valence-electron chi connectivity index (χ4n) is 1.83. The van der Waals surface area contributed by atoms with E-state index in [1.54, 1.807) is 0 Å². The van der Waals surface area contributed by atoms with Gasteiger partial charge < -0.3 is 4.74 Å². The van der Waals surface area contributed by atoms with Gasteiger partial charge in [0.1, 0.15) is 5.75 Å². The van der Waals surface area contributed by atoms with Gasteiger partial charge in [-0.25, -0.2) is 0 Å². The molecule has 0 N–H and O–H groups in total. The zero-order valence-corrected chi connectivity index (χ0v) is 13.7. The number of hydrogen-bond acceptors (Lipinski definition) is 1. The number of ether oxygens (including phenoxy) is 1. The minimum Gasteiger partial charge on any atom is -0.494 e. The first-order valence-electron chi connectivity index (χ1n) is 7.32. The van der Waals surface area contributed by atoms with Crippen molar-refractivity contribution >= 4 is 0 Å². The monoisotopic (exact) mass is 262 g/mol. The molecule has 0 aliphatic rings. The van der Waals surface area contributed by atoms with Crippen molar-refractivity contribution in [1.29, 1.82) is 0 Å². The molecule has 0 heterocycles. The Morgan fingerprint density at radius 2 is 1.47 bits per heavy atom. The van der Waals surface area contributed by atoms with Gasteiger partial charge in [-0.3, -0.25) is 0 Å². The molecule has 0 aliphatic heterocycles. The largest absolute Gasteiger partial charge is 0.494 e. The summed E-state index contributed by atoms with van der Waals surface area (Å²) in [5, 5.41) is 0. The van der Waals surface area contributed by atoms with Crippen LogP contribution in [-0.4, -0.2) is 6.61 Å². The summed E-state index contributed by atoms with van der Waals surface area (Å²) in [5.41, 5.74) is 2.02. The second-order valence-electron chi connectivity index (χ2n) is 7.82. The molecular weight excluding hydrogens is 232 g/mol. The average Bonchev–Trinajstić information content (AvgIpc) is 2.26. The van der Waals surface area contributed by atoms with E-state index in [1.807, 2.05) is 0 Å². The molecule has 0 amide bonds. The normalized spacial score (nSPS) is 14.3. The van der Waals surface area contributed by atoms with E-state index in [0.29, 0.717) is 16.7 Å². The summed E-state index contributed by atoms with van der Waals surface area (Å²) >= 11 is 0. The van der Waals surface area contributed by atoms with Crippen LogP contribution in [0.4, 0.5) is 0 Å². The zero-order chi connectivity index (χ0) is 14.7. The van der Waals surface area contributed by atoms with Gasteiger partial charge in [0.05, 0.1) is 6.61 Å². The van der Waals surface area contributed by atoms with Crippen molar-refractivity contribution in [2.24, 2.45) is 10.8 Å². The summed E-state index contributed by atoms with van der Waals surface area (Å²) in [7, 11) is 0. The molecule has 0 aromatic heterocycles. The second kappa shape index (κ2) is 5.98. The first kappa shape index (κ1) is 16.1. The Morgan fingerprint density at radius 1 is 0.947 bits per heavy atom. The number of benzene rings is 1. The van der Waals surface area contributed by atoms with E-state index >= 15 is 0 Å². The second-order valence-corrected chi connectivity index (χ2v) is 7.82. The van der Waals surface area contributed by atoms with Crippen LogP contribution in [0.1, 0.15) is 66.4 Å². The molecule has 1 aromatic rings. The Balaban J connectivity index is 2.57. The highest BCUT2D eigenvalue weighted by Crippen LogP contribution is 2.34. The molecule has 1 heteroatoms. The Bertz CT molecular complexity index is 376. The lowest BCUT2D eigenvalue weighted by Crippen LogP contribution is -2.15. The molecule has 1 nitrogen and oxygen atoms in total. The summed E-state index contributed by atoms with van der Waals surface area (Å²) in [4.78, 5) is 0. The number of hydrogen-bond donors (Lipinski definition) is 0. The van der Waals surface area contributed by atoms with Gasteiger partial charge in [0.15, 0.2) is 0 Å². The third kappa shape index (κ3) is 5.67. The first-order valence-corrected chi connectivity index (χ1v) is 7.32. The van der Waals surface area contributed by atoms with Crippen molar-refractivity contribution in [3.8, 4) is 5.75 Å². The van der Waals surface area contributed by atoms with E-state index < -0.39 is 0 Å². The smallest absolute Gasteiger partial charge is 0.119 e. The van der Waals surface area contributed by atoms with Crippen molar-refractivity contribution in [2.75, 3.05) is 6.61 Å². The first-order chi connectivity index (χ1) is 8.59. The Morgan fingerprint density at radius 3 is 1.89 bits per heavy atom. The Hall–Kier alpha value is -0.980. The molecule has 0 saturated carbocycles. The summed E-state index contributed by atoms with van der Waals surface area (Å²) in [6.07, 6.45) is 1.08. The van der Waals surface area contributed by atoms with Gasteiger partial charge in [-0.15, -0.1) is 0 Å². The standard InChI is InChI=1S/C18H30O/c1-14(18(5,6)7)15-8-10-16(11-9-15)19-13-12-17(2,3)4/h8-11,14H,12-13H2,1-7H3. The maximum Gasteiger partial charge on any atom is 0.119 e. The van der Waals surface area contributed by atoms with Crippen molar-refractivity contribution in [3.63, 3.8) is 0 Å². The van der Waals surface area contributed by atoms with E-state index in [9.17, 15) is 0 Å². The maximum atomic E-state index is 5.80. The maximum absolute atomic E-state index is 5.80. The van der Waals surface area contributed by atoms with Crippen LogP contribution < -0.4 is 4.74 Å². The Kier molecular flexibility index (Phi) is 5.06. The lowest BCUT2D eigenvalue weighted by atomic mass is 9.78. The molecule has 1 unspecified atom stereocenters. The van der Waals surface area contributed by atoms with Gasteiger partial charge in [0.25, 0.3) is 0 Å². The van der Waals surface area contributed by atoms with E-state index in [2.05, 4.69) is 72.7 Å². The molecule has 0 saturated heterocycles. The highest BCUT2D eigenvalue weighted by molar-refractivity contribution is 5.30. The molecule has 1 aromatic carbocycles. The van der Waals surface area contributed by atoms with Gasteiger partial charge in [-0.05, 0) is 40.9 Å². The van der Waals surface area contributed by atoms with Gasteiger partial charge in [-0.1, -0.05) is 60.6 Å². The molecule has 0 bridgehead atoms. The van der Waals surface area contributed by atoms with E-state index in [4.69, 9.17) is 4.74 Å². The highest BCUT2D eigenvalue weighted by atomic mass is 16.5. The Labute approximate surface area is 119 Å². The fourth-order valence-corrected chi connectivity index (χ4v) is 1.83. The van der Waals surface area contributed by atoms with Crippen LogP contribution in [0.3, 0.4) is 0 Å². The molecule has 1 atom stereocenters. The molecule has 0 radical (unpaired) electrons. The van der Waals surface area contributed by atoms with Gasteiger partial charge in [0, 0.05) is 0 Å². The van der Waals surface area contributed by atoms with Crippen molar-refractivity contribution in [1.82, 2.24) is 0 Å². The fraction of sp³-hybridized carbons (Fsp3) is 0.667. The van der Waals surface area contributed by atoms with Crippen LogP contribution in [0.15, 0.2) is 24.3 Å². The van der Waals surface area contributed by atoms with Crippen LogP contribution in [0.25, 0.3) is 0 Å². The number of rotatable bonds is 4. The summed E-state index contributed by atoms with van der Waals surface area (Å²) < 4.78 is 5.80. The predicted molar refractivity (Wildman–Crippen MR) is 83.9 cm³/mol. The van der Waals surface area contributed by atoms with E-state index in [1.165, 1.54) is 5.56 Å². The van der Waals surface area contributed by atoms with Gasteiger partial charge in [-0.2, -0.15) is 0 Å². The van der Waals surface area contributed by atoms with Gasteiger partial charge >= 0.3 is 0 Å². The topological polar surface area (TPSA) is 9.23 Å². The lowest BCUT2D eigenvalue weighted by Gasteiger charge is -2.27. The van der Waals surface area contributed by atoms with Gasteiger partial charge in [0.2, 0.25) is 0 Å².